The fourth-order valence-corrected chi connectivity index (χ4v) is 3.15. The molecule has 0 fully saturated rings. The largest absolute Gasteiger partial charge is 0.478 e. The van der Waals surface area contributed by atoms with E-state index >= 15 is 0 Å². The van der Waals surface area contributed by atoms with Gasteiger partial charge in [-0.15, -0.1) is 0 Å². The van der Waals surface area contributed by atoms with Gasteiger partial charge in [-0.25, -0.2) is 4.79 Å². The van der Waals surface area contributed by atoms with Gasteiger partial charge in [0.25, 0.3) is 0 Å². The molecule has 1 N–H and O–H groups in total. The topological polar surface area (TPSA) is 76.7 Å². The first-order valence-corrected chi connectivity index (χ1v) is 8.72. The van der Waals surface area contributed by atoms with Crippen LogP contribution in [0.25, 0.3) is 21.9 Å². The molecular weight excluding hydrogens is 332 g/mol. The highest BCUT2D eigenvalue weighted by atomic mass is 16.5. The van der Waals surface area contributed by atoms with Gasteiger partial charge in [-0.1, -0.05) is 13.8 Å². The second kappa shape index (κ2) is 6.92. The van der Waals surface area contributed by atoms with Crippen molar-refractivity contribution in [3.8, 4) is 0 Å². The van der Waals surface area contributed by atoms with Crippen molar-refractivity contribution < 1.29 is 19.1 Å². The summed E-state index contributed by atoms with van der Waals surface area (Å²) in [5.74, 6) is -0.918. The summed E-state index contributed by atoms with van der Waals surface area (Å²) >= 11 is 0. The molecule has 1 atom stereocenters. The van der Waals surface area contributed by atoms with Crippen molar-refractivity contribution in [1.29, 1.82) is 0 Å². The van der Waals surface area contributed by atoms with Crippen LogP contribution in [0.1, 0.15) is 61.2 Å². The van der Waals surface area contributed by atoms with Gasteiger partial charge in [0.05, 0.1) is 22.4 Å². The summed E-state index contributed by atoms with van der Waals surface area (Å²) in [6.07, 6.45) is -0.151. The van der Waals surface area contributed by atoms with Gasteiger partial charge in [0.2, 0.25) is 5.43 Å². The van der Waals surface area contributed by atoms with Gasteiger partial charge in [0.15, 0.2) is 0 Å². The van der Waals surface area contributed by atoms with E-state index in [1.807, 2.05) is 33.8 Å². The molecule has 0 saturated carbocycles. The number of aromatic carboxylic acids is 1. The highest BCUT2D eigenvalue weighted by Gasteiger charge is 2.18. The summed E-state index contributed by atoms with van der Waals surface area (Å²) in [6.45, 7) is 8.53. The molecule has 0 radical (unpaired) electrons. The van der Waals surface area contributed by atoms with Gasteiger partial charge in [-0.3, -0.25) is 4.79 Å². The van der Waals surface area contributed by atoms with Crippen LogP contribution in [0.5, 0.6) is 0 Å². The third-order valence-electron chi connectivity index (χ3n) is 4.58. The first kappa shape index (κ1) is 18.1. The van der Waals surface area contributed by atoms with Gasteiger partial charge < -0.3 is 14.3 Å². The molecule has 3 aromatic rings. The van der Waals surface area contributed by atoms with E-state index in [0.717, 1.165) is 11.1 Å². The van der Waals surface area contributed by atoms with Crippen LogP contribution < -0.4 is 5.43 Å². The van der Waals surface area contributed by atoms with Crippen LogP contribution in [0.2, 0.25) is 0 Å². The van der Waals surface area contributed by atoms with Crippen LogP contribution in [0.4, 0.5) is 0 Å². The number of carboxylic acids is 1. The minimum Gasteiger partial charge on any atom is -0.478 e. The molecule has 26 heavy (non-hydrogen) atoms. The van der Waals surface area contributed by atoms with Gasteiger partial charge in [-0.05, 0) is 61.2 Å². The van der Waals surface area contributed by atoms with Gasteiger partial charge in [0.1, 0.15) is 11.2 Å². The van der Waals surface area contributed by atoms with Crippen molar-refractivity contribution in [2.45, 2.75) is 39.7 Å². The summed E-state index contributed by atoms with van der Waals surface area (Å²) in [7, 11) is 0. The van der Waals surface area contributed by atoms with Crippen LogP contribution in [0.15, 0.2) is 39.5 Å². The van der Waals surface area contributed by atoms with Crippen LogP contribution in [0.3, 0.4) is 0 Å². The molecule has 5 heteroatoms. The SMILES string of the molecule is CCOC(C)c1cc(C(C)C)c2oc3ccc(C(=O)O)cc3c(=O)c2c1. The van der Waals surface area contributed by atoms with Crippen molar-refractivity contribution in [3.63, 3.8) is 0 Å². The Morgan fingerprint density at radius 2 is 1.88 bits per heavy atom. The van der Waals surface area contributed by atoms with Crippen LogP contribution in [0, 0.1) is 0 Å². The predicted molar refractivity (Wildman–Crippen MR) is 101 cm³/mol. The lowest BCUT2D eigenvalue weighted by atomic mass is 9.95. The van der Waals surface area contributed by atoms with E-state index in [1.165, 1.54) is 12.1 Å². The lowest BCUT2D eigenvalue weighted by Crippen LogP contribution is -2.08. The third kappa shape index (κ3) is 3.10. The average Bonchev–Trinajstić information content (AvgIpc) is 2.61. The Kier molecular flexibility index (Phi) is 4.83. The molecule has 5 nitrogen and oxygen atoms in total. The van der Waals surface area contributed by atoms with Crippen LogP contribution >= 0.6 is 0 Å². The second-order valence-corrected chi connectivity index (χ2v) is 6.69. The molecule has 0 aliphatic carbocycles. The van der Waals surface area contributed by atoms with E-state index in [0.29, 0.717) is 23.2 Å². The molecule has 0 amide bonds. The number of hydrogen-bond acceptors (Lipinski definition) is 4. The molecule has 0 bridgehead atoms. The molecule has 0 aliphatic rings. The van der Waals surface area contributed by atoms with Crippen molar-refractivity contribution in [3.05, 3.63) is 57.2 Å². The zero-order valence-electron chi connectivity index (χ0n) is 15.3. The molecule has 0 aliphatic heterocycles. The van der Waals surface area contributed by atoms with E-state index in [9.17, 15) is 14.7 Å². The summed E-state index contributed by atoms with van der Waals surface area (Å²) in [5.41, 5.74) is 2.62. The Balaban J connectivity index is 2.38. The average molecular weight is 354 g/mol. The molecule has 1 unspecified atom stereocenters. The lowest BCUT2D eigenvalue weighted by Gasteiger charge is -2.17. The van der Waals surface area contributed by atoms with E-state index < -0.39 is 5.97 Å². The molecule has 1 aromatic heterocycles. The van der Waals surface area contributed by atoms with Crippen LogP contribution in [-0.4, -0.2) is 17.7 Å². The maximum absolute atomic E-state index is 13.1. The number of carbonyl (C=O) groups is 1. The highest BCUT2D eigenvalue weighted by molar-refractivity contribution is 5.96. The Bertz CT molecular complexity index is 1050. The summed E-state index contributed by atoms with van der Waals surface area (Å²) in [5, 5.41) is 9.92. The smallest absolute Gasteiger partial charge is 0.335 e. The molecule has 3 rings (SSSR count). The minimum absolute atomic E-state index is 0.0621. The third-order valence-corrected chi connectivity index (χ3v) is 4.58. The van der Waals surface area contributed by atoms with Gasteiger partial charge in [0, 0.05) is 6.61 Å². The van der Waals surface area contributed by atoms with E-state index in [2.05, 4.69) is 0 Å². The number of ether oxygens (including phenoxy) is 1. The zero-order valence-corrected chi connectivity index (χ0v) is 15.3. The molecule has 2 aromatic carbocycles. The Morgan fingerprint density at radius 1 is 1.15 bits per heavy atom. The number of benzene rings is 2. The maximum atomic E-state index is 13.1. The number of hydrogen-bond donors (Lipinski definition) is 1. The Labute approximate surface area is 151 Å². The predicted octanol–water partition coefficient (Wildman–Crippen LogP) is 4.87. The zero-order chi connectivity index (χ0) is 19.0. The monoisotopic (exact) mass is 354 g/mol. The first-order valence-electron chi connectivity index (χ1n) is 8.72. The van der Waals surface area contributed by atoms with Gasteiger partial charge >= 0.3 is 5.97 Å². The van der Waals surface area contributed by atoms with Gasteiger partial charge in [-0.2, -0.15) is 0 Å². The summed E-state index contributed by atoms with van der Waals surface area (Å²) in [4.78, 5) is 24.3. The van der Waals surface area contributed by atoms with Crippen molar-refractivity contribution in [2.24, 2.45) is 0 Å². The normalized spacial score (nSPS) is 12.8. The molecule has 136 valence electrons. The van der Waals surface area contributed by atoms with Crippen LogP contribution in [-0.2, 0) is 4.74 Å². The van der Waals surface area contributed by atoms with Crippen molar-refractivity contribution >= 4 is 27.9 Å². The standard InChI is InChI=1S/C21H22O5/c1-5-25-12(4)14-9-15(11(2)3)20-17(10-14)19(22)16-8-13(21(23)24)6-7-18(16)26-20/h6-12H,5H2,1-4H3,(H,23,24). The fourth-order valence-electron chi connectivity index (χ4n) is 3.15. The number of rotatable bonds is 5. The van der Waals surface area contributed by atoms with Crippen molar-refractivity contribution in [2.75, 3.05) is 6.61 Å². The molecule has 1 heterocycles. The quantitative estimate of drug-likeness (QED) is 0.662. The summed E-state index contributed by atoms with van der Waals surface area (Å²) in [6, 6.07) is 8.17. The van der Waals surface area contributed by atoms with E-state index in [4.69, 9.17) is 9.15 Å². The Morgan fingerprint density at radius 3 is 2.50 bits per heavy atom. The maximum Gasteiger partial charge on any atom is 0.335 e. The van der Waals surface area contributed by atoms with Crippen molar-refractivity contribution in [1.82, 2.24) is 0 Å². The first-order chi connectivity index (χ1) is 12.3. The number of fused-ring (bicyclic) bond motifs is 2. The Hall–Kier alpha value is -2.66. The minimum atomic E-state index is -1.08. The van der Waals surface area contributed by atoms with E-state index in [1.54, 1.807) is 12.1 Å². The second-order valence-electron chi connectivity index (χ2n) is 6.69. The highest BCUT2D eigenvalue weighted by Crippen LogP contribution is 2.31. The summed E-state index contributed by atoms with van der Waals surface area (Å²) < 4.78 is 11.7. The fraction of sp³-hybridized carbons (Fsp3) is 0.333. The van der Waals surface area contributed by atoms with E-state index in [-0.39, 0.29) is 28.4 Å². The molecule has 0 saturated heterocycles. The molecule has 0 spiro atoms. The number of carboxylic acid groups (broad SMARTS) is 1. The molecular formula is C21H22O5. The lowest BCUT2D eigenvalue weighted by molar-refractivity contribution is 0.0697.